The molecule has 2 rings (SSSR count). The van der Waals surface area contributed by atoms with E-state index < -0.39 is 17.7 Å². The van der Waals surface area contributed by atoms with Crippen molar-refractivity contribution in [3.05, 3.63) is 52.9 Å². The van der Waals surface area contributed by atoms with E-state index in [1.165, 1.54) is 18.2 Å². The van der Waals surface area contributed by atoms with Crippen LogP contribution in [0.2, 0.25) is 0 Å². The largest absolute Gasteiger partial charge is 0.388 e. The van der Waals surface area contributed by atoms with Gasteiger partial charge in [0.15, 0.2) is 0 Å². The molecular weight excluding hydrogens is 238 g/mol. The molecule has 96 valence electrons. The van der Waals surface area contributed by atoms with E-state index in [1.54, 1.807) is 24.9 Å². The Labute approximate surface area is 104 Å². The van der Waals surface area contributed by atoms with Crippen molar-refractivity contribution in [2.24, 2.45) is 7.05 Å². The van der Waals surface area contributed by atoms with Gasteiger partial charge in [-0.25, -0.2) is 8.78 Å². The zero-order valence-corrected chi connectivity index (χ0v) is 10.2. The summed E-state index contributed by atoms with van der Waals surface area (Å²) in [6.07, 6.45) is 0.578. The molecule has 5 heteroatoms. The van der Waals surface area contributed by atoms with Crippen LogP contribution in [0.1, 0.15) is 22.9 Å². The molecule has 1 N–H and O–H groups in total. The SMILES string of the molecule is Cc1nn(C)cc1C(O)Cc1c(F)cccc1F. The summed E-state index contributed by atoms with van der Waals surface area (Å²) in [5, 5.41) is 14.1. The van der Waals surface area contributed by atoms with Gasteiger partial charge in [0.2, 0.25) is 0 Å². The topological polar surface area (TPSA) is 38.0 Å². The maximum Gasteiger partial charge on any atom is 0.129 e. The molecule has 3 nitrogen and oxygen atoms in total. The van der Waals surface area contributed by atoms with E-state index in [0.29, 0.717) is 11.3 Å². The second kappa shape index (κ2) is 4.86. The maximum absolute atomic E-state index is 13.5. The molecule has 0 bridgehead atoms. The van der Waals surface area contributed by atoms with E-state index in [2.05, 4.69) is 5.10 Å². The Morgan fingerprint density at radius 3 is 2.44 bits per heavy atom. The number of rotatable bonds is 3. The first-order valence-electron chi connectivity index (χ1n) is 5.60. The second-order valence-electron chi connectivity index (χ2n) is 4.26. The van der Waals surface area contributed by atoms with Gasteiger partial charge in [0.1, 0.15) is 11.6 Å². The van der Waals surface area contributed by atoms with Gasteiger partial charge in [-0.05, 0) is 19.1 Å². The first-order valence-corrected chi connectivity index (χ1v) is 5.60. The lowest BCUT2D eigenvalue weighted by molar-refractivity contribution is 0.175. The highest BCUT2D eigenvalue weighted by Gasteiger charge is 2.18. The zero-order chi connectivity index (χ0) is 13.3. The van der Waals surface area contributed by atoms with Crippen LogP contribution in [0.15, 0.2) is 24.4 Å². The molecule has 2 aromatic rings. The van der Waals surface area contributed by atoms with Gasteiger partial charge < -0.3 is 5.11 Å². The van der Waals surface area contributed by atoms with E-state index in [9.17, 15) is 13.9 Å². The third kappa shape index (κ3) is 2.41. The number of nitrogens with zero attached hydrogens (tertiary/aromatic N) is 2. The number of halogens is 2. The quantitative estimate of drug-likeness (QED) is 0.910. The van der Waals surface area contributed by atoms with E-state index in [1.807, 2.05) is 0 Å². The molecule has 1 unspecified atom stereocenters. The van der Waals surface area contributed by atoms with Crippen molar-refractivity contribution in [2.75, 3.05) is 0 Å². The van der Waals surface area contributed by atoms with Crippen LogP contribution in [-0.2, 0) is 13.5 Å². The Bertz CT molecular complexity index is 546. The van der Waals surface area contributed by atoms with Crippen molar-refractivity contribution >= 4 is 0 Å². The van der Waals surface area contributed by atoms with E-state index in [4.69, 9.17) is 0 Å². The van der Waals surface area contributed by atoms with Crippen LogP contribution in [-0.4, -0.2) is 14.9 Å². The summed E-state index contributed by atoms with van der Waals surface area (Å²) in [5.74, 6) is -1.29. The molecule has 1 aromatic heterocycles. The van der Waals surface area contributed by atoms with Gasteiger partial charge >= 0.3 is 0 Å². The zero-order valence-electron chi connectivity index (χ0n) is 10.2. The minimum absolute atomic E-state index is 0.103. The third-order valence-corrected chi connectivity index (χ3v) is 2.87. The Hall–Kier alpha value is -1.75. The van der Waals surface area contributed by atoms with Crippen LogP contribution < -0.4 is 0 Å². The molecule has 1 aromatic carbocycles. The summed E-state index contributed by atoms with van der Waals surface area (Å²) in [7, 11) is 1.73. The first-order chi connectivity index (χ1) is 8.49. The molecule has 0 spiro atoms. The number of hydrogen-bond donors (Lipinski definition) is 1. The molecule has 0 fully saturated rings. The molecule has 0 saturated carbocycles. The Morgan fingerprint density at radius 1 is 1.33 bits per heavy atom. The Morgan fingerprint density at radius 2 is 1.94 bits per heavy atom. The summed E-state index contributed by atoms with van der Waals surface area (Å²) in [6.45, 7) is 1.75. The fourth-order valence-corrected chi connectivity index (χ4v) is 1.98. The lowest BCUT2D eigenvalue weighted by Crippen LogP contribution is -2.06. The summed E-state index contributed by atoms with van der Waals surface area (Å²) in [4.78, 5) is 0. The van der Waals surface area contributed by atoms with Gasteiger partial charge in [0.05, 0.1) is 11.8 Å². The smallest absolute Gasteiger partial charge is 0.129 e. The number of aliphatic hydroxyl groups is 1. The number of hydrogen-bond acceptors (Lipinski definition) is 2. The van der Waals surface area contributed by atoms with Crippen molar-refractivity contribution in [2.45, 2.75) is 19.4 Å². The van der Waals surface area contributed by atoms with Gasteiger partial charge in [-0.15, -0.1) is 0 Å². The predicted molar refractivity (Wildman–Crippen MR) is 63.0 cm³/mol. The second-order valence-corrected chi connectivity index (χ2v) is 4.26. The molecule has 0 aliphatic rings. The minimum atomic E-state index is -0.968. The number of benzene rings is 1. The van der Waals surface area contributed by atoms with Crippen molar-refractivity contribution in [3.8, 4) is 0 Å². The Kier molecular flexibility index (Phi) is 3.43. The molecule has 0 aliphatic carbocycles. The van der Waals surface area contributed by atoms with Gasteiger partial charge in [-0.2, -0.15) is 5.10 Å². The maximum atomic E-state index is 13.5. The monoisotopic (exact) mass is 252 g/mol. The number of aromatic nitrogens is 2. The van der Waals surface area contributed by atoms with Gasteiger partial charge in [-0.3, -0.25) is 4.68 Å². The van der Waals surface area contributed by atoms with Gasteiger partial charge in [-0.1, -0.05) is 6.07 Å². The van der Waals surface area contributed by atoms with E-state index >= 15 is 0 Å². The molecule has 1 heterocycles. The minimum Gasteiger partial charge on any atom is -0.388 e. The van der Waals surface area contributed by atoms with Crippen LogP contribution in [0.4, 0.5) is 8.78 Å². The summed E-state index contributed by atoms with van der Waals surface area (Å²) < 4.78 is 28.5. The summed E-state index contributed by atoms with van der Waals surface area (Å²) in [5.41, 5.74) is 1.13. The Balaban J connectivity index is 2.26. The molecule has 18 heavy (non-hydrogen) atoms. The van der Waals surface area contributed by atoms with Crippen molar-refractivity contribution in [3.63, 3.8) is 0 Å². The van der Waals surface area contributed by atoms with Crippen molar-refractivity contribution < 1.29 is 13.9 Å². The number of aryl methyl sites for hydroxylation is 2. The van der Waals surface area contributed by atoms with Crippen LogP contribution in [0, 0.1) is 18.6 Å². The van der Waals surface area contributed by atoms with Crippen LogP contribution in [0.3, 0.4) is 0 Å². The lowest BCUT2D eigenvalue weighted by Gasteiger charge is -2.11. The van der Waals surface area contributed by atoms with Crippen LogP contribution >= 0.6 is 0 Å². The standard InChI is InChI=1S/C13H14F2N2O/c1-8-10(7-17(2)16-8)13(18)6-9-11(14)4-3-5-12(9)15/h3-5,7,13,18H,6H2,1-2H3. The number of aliphatic hydroxyl groups excluding tert-OH is 1. The van der Waals surface area contributed by atoms with Crippen LogP contribution in [0.25, 0.3) is 0 Å². The van der Waals surface area contributed by atoms with Gasteiger partial charge in [0.25, 0.3) is 0 Å². The average molecular weight is 252 g/mol. The van der Waals surface area contributed by atoms with E-state index in [0.717, 1.165) is 0 Å². The molecule has 0 saturated heterocycles. The molecule has 1 atom stereocenters. The highest BCUT2D eigenvalue weighted by Crippen LogP contribution is 2.23. The average Bonchev–Trinajstić information content (AvgIpc) is 2.63. The third-order valence-electron chi connectivity index (χ3n) is 2.87. The highest BCUT2D eigenvalue weighted by molar-refractivity contribution is 5.25. The molecule has 0 amide bonds. The fourth-order valence-electron chi connectivity index (χ4n) is 1.98. The summed E-state index contributed by atoms with van der Waals surface area (Å²) in [6, 6.07) is 3.67. The lowest BCUT2D eigenvalue weighted by atomic mass is 10.0. The normalized spacial score (nSPS) is 12.7. The fraction of sp³-hybridized carbons (Fsp3) is 0.308. The van der Waals surface area contributed by atoms with Crippen molar-refractivity contribution in [1.29, 1.82) is 0 Å². The van der Waals surface area contributed by atoms with Gasteiger partial charge in [0, 0.05) is 30.8 Å². The van der Waals surface area contributed by atoms with Crippen molar-refractivity contribution in [1.82, 2.24) is 9.78 Å². The highest BCUT2D eigenvalue weighted by atomic mass is 19.1. The predicted octanol–water partition coefficient (Wildman–Crippen LogP) is 2.28. The molecule has 0 radical (unpaired) electrons. The molecule has 0 aliphatic heterocycles. The molecular formula is C13H14F2N2O. The van der Waals surface area contributed by atoms with E-state index in [-0.39, 0.29) is 12.0 Å². The first kappa shape index (κ1) is 12.7. The van der Waals surface area contributed by atoms with Crippen LogP contribution in [0.5, 0.6) is 0 Å². The summed E-state index contributed by atoms with van der Waals surface area (Å²) >= 11 is 0.